The molecule has 0 saturated heterocycles. The summed E-state index contributed by atoms with van der Waals surface area (Å²) in [6.45, 7) is 2.00. The van der Waals surface area contributed by atoms with E-state index in [0.29, 0.717) is 31.8 Å². The minimum atomic E-state index is -0.0231. The van der Waals surface area contributed by atoms with E-state index in [1.54, 1.807) is 12.3 Å². The average Bonchev–Trinajstić information content (AvgIpc) is 3.21. The van der Waals surface area contributed by atoms with Gasteiger partial charge in [-0.25, -0.2) is 9.37 Å². The predicted octanol–water partition coefficient (Wildman–Crippen LogP) is 3.61. The topological polar surface area (TPSA) is 45.1 Å². The Bertz CT molecular complexity index is 925. The molecule has 0 spiro atoms. The zero-order valence-corrected chi connectivity index (χ0v) is 13.1. The lowest BCUT2D eigenvalue weighted by molar-refractivity contribution is 0.249. The highest BCUT2D eigenvalue weighted by Gasteiger charge is 2.13. The van der Waals surface area contributed by atoms with E-state index in [2.05, 4.69) is 26.7 Å². The summed E-state index contributed by atoms with van der Waals surface area (Å²) in [5, 5.41) is 1.03. The Morgan fingerprint density at radius 1 is 1.29 bits per heavy atom. The molecule has 3 aromatic heterocycles. The van der Waals surface area contributed by atoms with Gasteiger partial charge in [-0.3, -0.25) is 4.90 Å². The summed E-state index contributed by atoms with van der Waals surface area (Å²) in [6.07, 6.45) is 3.84. The monoisotopic (exact) mass is 321 g/mol. The molecule has 0 bridgehead atoms. The summed E-state index contributed by atoms with van der Waals surface area (Å²) in [7, 11) is 0. The quantitative estimate of drug-likeness (QED) is 0.733. The molecule has 0 aromatic carbocycles. The summed E-state index contributed by atoms with van der Waals surface area (Å²) >= 11 is 0. The molecule has 4 nitrogen and oxygen atoms in total. The van der Waals surface area contributed by atoms with Crippen molar-refractivity contribution in [2.75, 3.05) is 13.1 Å². The van der Waals surface area contributed by atoms with Crippen LogP contribution in [-0.4, -0.2) is 28.0 Å². The number of H-pyrrole nitrogens is 1. The second-order valence-electron chi connectivity index (χ2n) is 5.78. The third kappa shape index (κ3) is 3.24. The SMILES string of the molecule is FC1=CCN(Cc2ccc(C#Cc3cc4cccnc4[nH]3)o2)CC1. The van der Waals surface area contributed by atoms with Gasteiger partial charge >= 0.3 is 0 Å². The molecule has 0 unspecified atom stereocenters. The van der Waals surface area contributed by atoms with Gasteiger partial charge in [0.05, 0.1) is 18.1 Å². The first-order valence-electron chi connectivity index (χ1n) is 7.88. The number of rotatable bonds is 2. The lowest BCUT2D eigenvalue weighted by atomic mass is 10.2. The zero-order chi connectivity index (χ0) is 16.4. The average molecular weight is 321 g/mol. The number of hydrogen-bond acceptors (Lipinski definition) is 3. The van der Waals surface area contributed by atoms with Gasteiger partial charge in [0, 0.05) is 31.1 Å². The van der Waals surface area contributed by atoms with Gasteiger partial charge < -0.3 is 9.40 Å². The number of hydrogen-bond donors (Lipinski definition) is 1. The van der Waals surface area contributed by atoms with E-state index in [1.807, 2.05) is 30.3 Å². The van der Waals surface area contributed by atoms with E-state index in [1.165, 1.54) is 0 Å². The lowest BCUT2D eigenvalue weighted by Crippen LogP contribution is -2.27. The van der Waals surface area contributed by atoms with Gasteiger partial charge in [0.15, 0.2) is 5.76 Å². The molecule has 4 rings (SSSR count). The molecular formula is C19H16FN3O. The summed E-state index contributed by atoms with van der Waals surface area (Å²) in [5.41, 5.74) is 1.63. The maximum absolute atomic E-state index is 13.0. The van der Waals surface area contributed by atoms with Crippen molar-refractivity contribution >= 4 is 11.0 Å². The Hall–Kier alpha value is -2.84. The molecule has 0 saturated carbocycles. The van der Waals surface area contributed by atoms with Crippen molar-refractivity contribution in [3.05, 3.63) is 65.6 Å². The number of nitrogens with one attached hydrogen (secondary N) is 1. The predicted molar refractivity (Wildman–Crippen MR) is 89.9 cm³/mol. The zero-order valence-electron chi connectivity index (χ0n) is 13.1. The van der Waals surface area contributed by atoms with Crippen molar-refractivity contribution in [1.29, 1.82) is 0 Å². The Morgan fingerprint density at radius 2 is 2.25 bits per heavy atom. The molecule has 4 heterocycles. The Morgan fingerprint density at radius 3 is 3.08 bits per heavy atom. The molecule has 1 aliphatic heterocycles. The summed E-state index contributed by atoms with van der Waals surface area (Å²) in [5.74, 6) is 7.52. The van der Waals surface area contributed by atoms with Crippen LogP contribution in [0, 0.1) is 11.8 Å². The van der Waals surface area contributed by atoms with Gasteiger partial charge in [0.25, 0.3) is 0 Å². The molecule has 3 aromatic rings. The van der Waals surface area contributed by atoms with Crippen molar-refractivity contribution in [3.8, 4) is 11.8 Å². The summed E-state index contributed by atoms with van der Waals surface area (Å²) < 4.78 is 18.8. The highest BCUT2D eigenvalue weighted by molar-refractivity contribution is 5.77. The molecule has 0 radical (unpaired) electrons. The minimum absolute atomic E-state index is 0.0231. The van der Waals surface area contributed by atoms with Crippen molar-refractivity contribution in [3.63, 3.8) is 0 Å². The number of halogens is 1. The van der Waals surface area contributed by atoms with Crippen LogP contribution in [0.3, 0.4) is 0 Å². The number of pyridine rings is 1. The van der Waals surface area contributed by atoms with E-state index in [-0.39, 0.29) is 5.83 Å². The second kappa shape index (κ2) is 6.34. The number of aromatic nitrogens is 2. The van der Waals surface area contributed by atoms with Crippen LogP contribution in [-0.2, 0) is 6.54 Å². The Kier molecular flexibility index (Phi) is 3.89. The fourth-order valence-corrected chi connectivity index (χ4v) is 2.73. The molecule has 120 valence electrons. The van der Waals surface area contributed by atoms with Crippen LogP contribution in [0.15, 0.2) is 52.8 Å². The molecular weight excluding hydrogens is 305 g/mol. The van der Waals surface area contributed by atoms with Gasteiger partial charge in [-0.05, 0) is 48.2 Å². The minimum Gasteiger partial charge on any atom is -0.451 e. The normalized spacial score (nSPS) is 15.1. The highest BCUT2D eigenvalue weighted by Crippen LogP contribution is 2.16. The number of furan rings is 1. The summed E-state index contributed by atoms with van der Waals surface area (Å²) in [6, 6.07) is 9.64. The van der Waals surface area contributed by atoms with Crippen LogP contribution in [0.4, 0.5) is 4.39 Å². The lowest BCUT2D eigenvalue weighted by Gasteiger charge is -2.22. The second-order valence-corrected chi connectivity index (χ2v) is 5.78. The summed E-state index contributed by atoms with van der Waals surface area (Å²) in [4.78, 5) is 9.55. The van der Waals surface area contributed by atoms with Crippen LogP contribution >= 0.6 is 0 Å². The van der Waals surface area contributed by atoms with Gasteiger partial charge in [-0.15, -0.1) is 0 Å². The maximum Gasteiger partial charge on any atom is 0.177 e. The molecule has 1 N–H and O–H groups in total. The van der Waals surface area contributed by atoms with Gasteiger partial charge in [-0.1, -0.05) is 0 Å². The first-order valence-corrected chi connectivity index (χ1v) is 7.88. The first kappa shape index (κ1) is 14.7. The fourth-order valence-electron chi connectivity index (χ4n) is 2.73. The number of nitrogens with zero attached hydrogens (tertiary/aromatic N) is 2. The first-order chi connectivity index (χ1) is 11.8. The van der Waals surface area contributed by atoms with Crippen LogP contribution in [0.25, 0.3) is 11.0 Å². The Balaban J connectivity index is 1.45. The van der Waals surface area contributed by atoms with E-state index in [4.69, 9.17) is 4.42 Å². The molecule has 0 aliphatic carbocycles. The van der Waals surface area contributed by atoms with E-state index in [9.17, 15) is 4.39 Å². The van der Waals surface area contributed by atoms with E-state index >= 15 is 0 Å². The fraction of sp³-hybridized carbons (Fsp3) is 0.211. The van der Waals surface area contributed by atoms with Gasteiger partial charge in [0.2, 0.25) is 0 Å². The molecule has 0 atom stereocenters. The van der Waals surface area contributed by atoms with Crippen molar-refractivity contribution in [2.45, 2.75) is 13.0 Å². The molecule has 0 fully saturated rings. The van der Waals surface area contributed by atoms with Crippen LogP contribution in [0.5, 0.6) is 0 Å². The number of fused-ring (bicyclic) bond motifs is 1. The van der Waals surface area contributed by atoms with Crippen LogP contribution in [0.2, 0.25) is 0 Å². The third-order valence-corrected chi connectivity index (χ3v) is 3.99. The largest absolute Gasteiger partial charge is 0.451 e. The van der Waals surface area contributed by atoms with E-state index < -0.39 is 0 Å². The third-order valence-electron chi connectivity index (χ3n) is 3.99. The maximum atomic E-state index is 13.0. The van der Waals surface area contributed by atoms with Crippen molar-refractivity contribution < 1.29 is 8.81 Å². The highest BCUT2D eigenvalue weighted by atomic mass is 19.1. The molecule has 5 heteroatoms. The van der Waals surface area contributed by atoms with Crippen LogP contribution in [0.1, 0.15) is 23.6 Å². The smallest absolute Gasteiger partial charge is 0.177 e. The van der Waals surface area contributed by atoms with Gasteiger partial charge in [-0.2, -0.15) is 0 Å². The van der Waals surface area contributed by atoms with Crippen LogP contribution < -0.4 is 0 Å². The standard InChI is InChI=1S/C19H16FN3O/c20-15-7-10-23(11-8-15)13-18-6-5-17(24-18)4-3-16-12-14-2-1-9-21-19(14)22-16/h1-2,5-7,9,12H,8,10-11,13H2,(H,21,22). The van der Waals surface area contributed by atoms with E-state index in [0.717, 1.165) is 22.5 Å². The molecule has 24 heavy (non-hydrogen) atoms. The molecule has 0 amide bonds. The molecule has 1 aliphatic rings. The van der Waals surface area contributed by atoms with Crippen molar-refractivity contribution in [2.24, 2.45) is 0 Å². The Labute approximate surface area is 139 Å². The van der Waals surface area contributed by atoms with Gasteiger partial charge in [0.1, 0.15) is 11.4 Å². The number of aromatic amines is 1. The van der Waals surface area contributed by atoms with Crippen molar-refractivity contribution in [1.82, 2.24) is 14.9 Å².